The molecule has 0 aliphatic carbocycles. The van der Waals surface area contributed by atoms with E-state index in [1.54, 1.807) is 0 Å². The van der Waals surface area contributed by atoms with Crippen molar-refractivity contribution in [3.8, 4) is 0 Å². The molecule has 0 saturated carbocycles. The highest BCUT2D eigenvalue weighted by atomic mass is 15.6. The zero-order chi connectivity index (χ0) is 5.98. The van der Waals surface area contributed by atoms with Crippen LogP contribution in [0.25, 0.3) is 0 Å². The smallest absolute Gasteiger partial charge is 0.260 e. The SMILES string of the molecule is CCn1nnc(N)n1. The van der Waals surface area contributed by atoms with E-state index in [1.807, 2.05) is 6.92 Å². The van der Waals surface area contributed by atoms with Crippen molar-refractivity contribution in [1.29, 1.82) is 0 Å². The van der Waals surface area contributed by atoms with Crippen molar-refractivity contribution < 1.29 is 0 Å². The third-order valence-electron chi connectivity index (χ3n) is 0.751. The monoisotopic (exact) mass is 113 g/mol. The van der Waals surface area contributed by atoms with Crippen LogP contribution in [0.15, 0.2) is 0 Å². The Balaban J connectivity index is 2.84. The van der Waals surface area contributed by atoms with Gasteiger partial charge in [0.05, 0.1) is 6.54 Å². The molecule has 1 heterocycles. The van der Waals surface area contributed by atoms with Gasteiger partial charge in [0.2, 0.25) is 0 Å². The molecule has 1 aromatic heterocycles. The number of aromatic nitrogens is 4. The molecule has 0 fully saturated rings. The molecule has 0 radical (unpaired) electrons. The van der Waals surface area contributed by atoms with Crippen LogP contribution in [0.2, 0.25) is 0 Å². The minimum absolute atomic E-state index is 0.229. The van der Waals surface area contributed by atoms with Crippen molar-refractivity contribution in [3.05, 3.63) is 0 Å². The number of nitrogens with two attached hydrogens (primary N) is 1. The van der Waals surface area contributed by atoms with Crippen LogP contribution < -0.4 is 5.73 Å². The highest BCUT2D eigenvalue weighted by Gasteiger charge is 1.90. The molecule has 5 heteroatoms. The minimum Gasteiger partial charge on any atom is -0.365 e. The first kappa shape index (κ1) is 5.02. The maximum Gasteiger partial charge on any atom is 0.260 e. The molecule has 0 amide bonds. The summed E-state index contributed by atoms with van der Waals surface area (Å²) < 4.78 is 0. The number of anilines is 1. The van der Waals surface area contributed by atoms with E-state index in [4.69, 9.17) is 5.73 Å². The van der Waals surface area contributed by atoms with E-state index >= 15 is 0 Å². The van der Waals surface area contributed by atoms with Crippen LogP contribution in [0.3, 0.4) is 0 Å². The van der Waals surface area contributed by atoms with Gasteiger partial charge in [0.1, 0.15) is 0 Å². The van der Waals surface area contributed by atoms with Crippen LogP contribution in [0.1, 0.15) is 6.92 Å². The number of nitrogens with zero attached hydrogens (tertiary/aromatic N) is 4. The molecule has 0 atom stereocenters. The number of nitrogen functional groups attached to an aromatic ring is 1. The molecular weight excluding hydrogens is 106 g/mol. The molecular formula is C3H7N5. The van der Waals surface area contributed by atoms with Crippen molar-refractivity contribution >= 4 is 5.95 Å². The summed E-state index contributed by atoms with van der Waals surface area (Å²) in [6.07, 6.45) is 0. The molecule has 0 aliphatic heterocycles. The molecule has 44 valence electrons. The molecule has 1 rings (SSSR count). The maximum absolute atomic E-state index is 5.15. The zero-order valence-corrected chi connectivity index (χ0v) is 4.57. The lowest BCUT2D eigenvalue weighted by Crippen LogP contribution is -1.98. The van der Waals surface area contributed by atoms with E-state index in [0.29, 0.717) is 6.54 Å². The summed E-state index contributed by atoms with van der Waals surface area (Å²) in [6, 6.07) is 0. The van der Waals surface area contributed by atoms with E-state index in [2.05, 4.69) is 15.4 Å². The summed E-state index contributed by atoms with van der Waals surface area (Å²) in [5.41, 5.74) is 5.15. The molecule has 0 spiro atoms. The molecule has 0 bridgehead atoms. The fraction of sp³-hybridized carbons (Fsp3) is 0.667. The van der Waals surface area contributed by atoms with E-state index in [0.717, 1.165) is 0 Å². The molecule has 5 nitrogen and oxygen atoms in total. The number of hydrogen-bond acceptors (Lipinski definition) is 4. The van der Waals surface area contributed by atoms with Crippen LogP contribution in [-0.4, -0.2) is 20.2 Å². The van der Waals surface area contributed by atoms with Crippen molar-refractivity contribution in [1.82, 2.24) is 20.2 Å². The van der Waals surface area contributed by atoms with Crippen LogP contribution in [0.5, 0.6) is 0 Å². The Bertz CT molecular complexity index is 168. The van der Waals surface area contributed by atoms with Crippen molar-refractivity contribution in [2.75, 3.05) is 5.73 Å². The highest BCUT2D eigenvalue weighted by Crippen LogP contribution is 1.81. The first-order chi connectivity index (χ1) is 3.83. The fourth-order valence-electron chi connectivity index (χ4n) is 0.390. The Morgan fingerprint density at radius 2 is 2.50 bits per heavy atom. The van der Waals surface area contributed by atoms with E-state index < -0.39 is 0 Å². The maximum atomic E-state index is 5.15. The lowest BCUT2D eigenvalue weighted by atomic mass is 10.8. The average molecular weight is 113 g/mol. The van der Waals surface area contributed by atoms with Gasteiger partial charge in [0.15, 0.2) is 0 Å². The molecule has 2 N–H and O–H groups in total. The van der Waals surface area contributed by atoms with Gasteiger partial charge in [-0.1, -0.05) is 5.10 Å². The molecule has 8 heavy (non-hydrogen) atoms. The minimum atomic E-state index is 0.229. The van der Waals surface area contributed by atoms with Crippen LogP contribution in [0.4, 0.5) is 5.95 Å². The van der Waals surface area contributed by atoms with E-state index in [9.17, 15) is 0 Å². The van der Waals surface area contributed by atoms with Gasteiger partial charge in [0.25, 0.3) is 5.95 Å². The van der Waals surface area contributed by atoms with Crippen LogP contribution in [-0.2, 0) is 6.54 Å². The number of tetrazole rings is 1. The van der Waals surface area contributed by atoms with Crippen molar-refractivity contribution in [2.24, 2.45) is 0 Å². The second kappa shape index (κ2) is 1.77. The Hall–Kier alpha value is -1.13. The predicted molar refractivity (Wildman–Crippen MR) is 27.9 cm³/mol. The molecule has 0 aliphatic rings. The molecule has 0 saturated heterocycles. The van der Waals surface area contributed by atoms with Crippen LogP contribution >= 0.6 is 0 Å². The molecule has 0 unspecified atom stereocenters. The van der Waals surface area contributed by atoms with Gasteiger partial charge < -0.3 is 5.73 Å². The Morgan fingerprint density at radius 3 is 2.75 bits per heavy atom. The van der Waals surface area contributed by atoms with Gasteiger partial charge in [-0.15, -0.1) is 5.10 Å². The normalized spacial score (nSPS) is 9.62. The number of aryl methyl sites for hydroxylation is 1. The third-order valence-corrected chi connectivity index (χ3v) is 0.751. The largest absolute Gasteiger partial charge is 0.365 e. The summed E-state index contributed by atoms with van der Waals surface area (Å²) in [7, 11) is 0. The summed E-state index contributed by atoms with van der Waals surface area (Å²) in [5.74, 6) is 0.229. The van der Waals surface area contributed by atoms with Gasteiger partial charge in [-0.05, 0) is 12.1 Å². The lowest BCUT2D eigenvalue weighted by molar-refractivity contribution is 0.553. The quantitative estimate of drug-likeness (QED) is 0.521. The fourth-order valence-corrected chi connectivity index (χ4v) is 0.390. The van der Waals surface area contributed by atoms with Gasteiger partial charge in [-0.3, -0.25) is 0 Å². The van der Waals surface area contributed by atoms with E-state index in [1.165, 1.54) is 4.80 Å². The second-order valence-corrected chi connectivity index (χ2v) is 1.34. The zero-order valence-electron chi connectivity index (χ0n) is 4.57. The topological polar surface area (TPSA) is 69.6 Å². The number of hydrogen-bond donors (Lipinski definition) is 1. The Labute approximate surface area is 46.5 Å². The second-order valence-electron chi connectivity index (χ2n) is 1.34. The Morgan fingerprint density at radius 1 is 1.75 bits per heavy atom. The van der Waals surface area contributed by atoms with Gasteiger partial charge in [0, 0.05) is 0 Å². The number of rotatable bonds is 1. The lowest BCUT2D eigenvalue weighted by Gasteiger charge is -1.83. The first-order valence-corrected chi connectivity index (χ1v) is 2.36. The summed E-state index contributed by atoms with van der Waals surface area (Å²) in [4.78, 5) is 1.43. The van der Waals surface area contributed by atoms with E-state index in [-0.39, 0.29) is 5.95 Å². The van der Waals surface area contributed by atoms with Gasteiger partial charge in [-0.2, -0.15) is 4.80 Å². The Kier molecular flexibility index (Phi) is 1.11. The summed E-state index contributed by atoms with van der Waals surface area (Å²) >= 11 is 0. The highest BCUT2D eigenvalue weighted by molar-refractivity contribution is 5.06. The summed E-state index contributed by atoms with van der Waals surface area (Å²) in [6.45, 7) is 2.63. The van der Waals surface area contributed by atoms with Gasteiger partial charge >= 0.3 is 0 Å². The summed E-state index contributed by atoms with van der Waals surface area (Å²) in [5, 5.41) is 10.7. The van der Waals surface area contributed by atoms with Gasteiger partial charge in [-0.25, -0.2) is 0 Å². The molecule has 0 aromatic carbocycles. The third kappa shape index (κ3) is 0.749. The standard InChI is InChI=1S/C3H7N5/c1-2-8-6-3(4)5-7-8/h2H2,1H3,(H2,4,6). The first-order valence-electron chi connectivity index (χ1n) is 2.36. The average Bonchev–Trinajstić information content (AvgIpc) is 2.14. The molecule has 1 aromatic rings. The predicted octanol–water partition coefficient (Wildman–Crippen LogP) is -0.725. The van der Waals surface area contributed by atoms with Crippen molar-refractivity contribution in [2.45, 2.75) is 13.5 Å². The van der Waals surface area contributed by atoms with Crippen molar-refractivity contribution in [3.63, 3.8) is 0 Å². The van der Waals surface area contributed by atoms with Crippen LogP contribution in [0, 0.1) is 0 Å².